The zero-order valence-electron chi connectivity index (χ0n) is 11.1. The SMILES string of the molecule is CC(C)CNCc1nc(-c2cnn(C(F)(F)F)c2)cs1. The Kier molecular flexibility index (Phi) is 4.44. The lowest BCUT2D eigenvalue weighted by Gasteiger charge is -2.04. The second-order valence-corrected chi connectivity index (χ2v) is 5.74. The maximum atomic E-state index is 12.4. The van der Waals surface area contributed by atoms with Crippen molar-refractivity contribution in [3.05, 3.63) is 22.8 Å². The predicted molar refractivity (Wildman–Crippen MR) is 71.2 cm³/mol. The standard InChI is InChI=1S/C12H15F3N4S/c1-8(2)3-16-5-11-18-10(7-20-11)9-4-17-19(6-9)12(13,14)15/h4,6-8,16H,3,5H2,1-2H3. The van der Waals surface area contributed by atoms with Crippen LogP contribution in [0.5, 0.6) is 0 Å². The van der Waals surface area contributed by atoms with E-state index in [1.165, 1.54) is 17.5 Å². The van der Waals surface area contributed by atoms with E-state index in [9.17, 15) is 13.2 Å². The molecule has 20 heavy (non-hydrogen) atoms. The van der Waals surface area contributed by atoms with Crippen LogP contribution in [0.4, 0.5) is 13.2 Å². The van der Waals surface area contributed by atoms with Gasteiger partial charge in [-0.05, 0) is 12.5 Å². The molecule has 0 aliphatic carbocycles. The minimum atomic E-state index is -4.49. The molecule has 0 fully saturated rings. The Bertz CT molecular complexity index is 559. The maximum absolute atomic E-state index is 12.4. The highest BCUT2D eigenvalue weighted by Gasteiger charge is 2.31. The van der Waals surface area contributed by atoms with Gasteiger partial charge in [0.15, 0.2) is 0 Å². The highest BCUT2D eigenvalue weighted by molar-refractivity contribution is 7.09. The summed E-state index contributed by atoms with van der Waals surface area (Å²) in [6.07, 6.45) is -2.37. The van der Waals surface area contributed by atoms with E-state index in [0.717, 1.165) is 17.7 Å². The molecule has 0 amide bonds. The van der Waals surface area contributed by atoms with E-state index in [4.69, 9.17) is 0 Å². The third-order valence-corrected chi connectivity index (χ3v) is 3.37. The third kappa shape index (κ3) is 3.80. The van der Waals surface area contributed by atoms with Crippen LogP contribution in [0.2, 0.25) is 0 Å². The van der Waals surface area contributed by atoms with Crippen molar-refractivity contribution >= 4 is 11.3 Å². The van der Waals surface area contributed by atoms with Gasteiger partial charge >= 0.3 is 6.30 Å². The van der Waals surface area contributed by atoms with Crippen molar-refractivity contribution in [2.75, 3.05) is 6.54 Å². The molecule has 0 saturated heterocycles. The molecule has 0 aromatic carbocycles. The van der Waals surface area contributed by atoms with Crippen molar-refractivity contribution in [3.63, 3.8) is 0 Å². The number of alkyl halides is 3. The largest absolute Gasteiger partial charge is 0.504 e. The summed E-state index contributed by atoms with van der Waals surface area (Å²) < 4.78 is 37.3. The number of hydrogen-bond donors (Lipinski definition) is 1. The minimum absolute atomic E-state index is 0.0155. The maximum Gasteiger partial charge on any atom is 0.504 e. The smallest absolute Gasteiger partial charge is 0.310 e. The fourth-order valence-electron chi connectivity index (χ4n) is 1.59. The van der Waals surface area contributed by atoms with E-state index in [2.05, 4.69) is 29.2 Å². The highest BCUT2D eigenvalue weighted by Crippen LogP contribution is 2.26. The molecule has 8 heteroatoms. The van der Waals surface area contributed by atoms with Crippen molar-refractivity contribution in [1.29, 1.82) is 0 Å². The van der Waals surface area contributed by atoms with E-state index in [1.54, 1.807) is 5.38 Å². The molecule has 0 aliphatic heterocycles. The fraction of sp³-hybridized carbons (Fsp3) is 0.500. The average Bonchev–Trinajstić information content (AvgIpc) is 2.94. The van der Waals surface area contributed by atoms with Crippen LogP contribution in [0.1, 0.15) is 18.9 Å². The zero-order chi connectivity index (χ0) is 14.8. The van der Waals surface area contributed by atoms with Gasteiger partial charge < -0.3 is 5.32 Å². The molecule has 2 heterocycles. The minimum Gasteiger partial charge on any atom is -0.310 e. The molecule has 0 radical (unpaired) electrons. The van der Waals surface area contributed by atoms with Crippen LogP contribution in [0.15, 0.2) is 17.8 Å². The highest BCUT2D eigenvalue weighted by atomic mass is 32.1. The first-order valence-corrected chi connectivity index (χ1v) is 7.01. The topological polar surface area (TPSA) is 42.7 Å². The van der Waals surface area contributed by atoms with Gasteiger partial charge in [0.1, 0.15) is 5.01 Å². The molecule has 2 aromatic rings. The van der Waals surface area contributed by atoms with Gasteiger partial charge in [-0.2, -0.15) is 9.78 Å². The van der Waals surface area contributed by atoms with Gasteiger partial charge in [0.2, 0.25) is 0 Å². The summed E-state index contributed by atoms with van der Waals surface area (Å²) >= 11 is 1.42. The first kappa shape index (κ1) is 15.0. The van der Waals surface area contributed by atoms with Gasteiger partial charge in [-0.3, -0.25) is 0 Å². The number of nitrogens with one attached hydrogen (secondary N) is 1. The summed E-state index contributed by atoms with van der Waals surface area (Å²) in [6, 6.07) is 0. The molecule has 2 rings (SSSR count). The number of halogens is 3. The van der Waals surface area contributed by atoms with Crippen LogP contribution < -0.4 is 5.32 Å². The lowest BCUT2D eigenvalue weighted by molar-refractivity contribution is -0.212. The van der Waals surface area contributed by atoms with E-state index >= 15 is 0 Å². The van der Waals surface area contributed by atoms with E-state index in [1.807, 2.05) is 0 Å². The Morgan fingerprint density at radius 1 is 1.40 bits per heavy atom. The monoisotopic (exact) mass is 304 g/mol. The van der Waals surface area contributed by atoms with Gasteiger partial charge in [-0.1, -0.05) is 13.8 Å². The lowest BCUT2D eigenvalue weighted by atomic mass is 10.2. The Morgan fingerprint density at radius 2 is 2.15 bits per heavy atom. The summed E-state index contributed by atoms with van der Waals surface area (Å²) in [7, 11) is 0. The number of rotatable bonds is 5. The van der Waals surface area contributed by atoms with Crippen LogP contribution >= 0.6 is 11.3 Å². The van der Waals surface area contributed by atoms with E-state index in [0.29, 0.717) is 23.7 Å². The summed E-state index contributed by atoms with van der Waals surface area (Å²) in [6.45, 7) is 5.70. The van der Waals surface area contributed by atoms with Crippen molar-refractivity contribution in [3.8, 4) is 11.3 Å². The van der Waals surface area contributed by atoms with Crippen molar-refractivity contribution in [1.82, 2.24) is 20.1 Å². The molecular formula is C12H15F3N4S. The quantitative estimate of drug-likeness (QED) is 0.922. The molecule has 0 bridgehead atoms. The van der Waals surface area contributed by atoms with E-state index in [-0.39, 0.29) is 4.68 Å². The molecule has 0 atom stereocenters. The first-order valence-electron chi connectivity index (χ1n) is 6.13. The summed E-state index contributed by atoms with van der Waals surface area (Å²) in [5, 5.41) is 9.13. The van der Waals surface area contributed by atoms with Crippen LogP contribution in [-0.4, -0.2) is 21.3 Å². The Balaban J connectivity index is 2.03. The van der Waals surface area contributed by atoms with Gasteiger partial charge in [-0.15, -0.1) is 24.5 Å². The number of thiazole rings is 1. The molecule has 0 saturated carbocycles. The molecule has 0 unspecified atom stereocenters. The van der Waals surface area contributed by atoms with Gasteiger partial charge in [0.25, 0.3) is 0 Å². The van der Waals surface area contributed by atoms with Gasteiger partial charge in [0.05, 0.1) is 11.9 Å². The Hall–Kier alpha value is -1.41. The first-order chi connectivity index (χ1) is 9.36. The predicted octanol–water partition coefficient (Wildman–Crippen LogP) is 3.23. The van der Waals surface area contributed by atoms with Crippen LogP contribution in [0.3, 0.4) is 0 Å². The third-order valence-electron chi connectivity index (χ3n) is 2.52. The Morgan fingerprint density at radius 3 is 2.75 bits per heavy atom. The average molecular weight is 304 g/mol. The second-order valence-electron chi connectivity index (χ2n) is 4.79. The number of aromatic nitrogens is 3. The van der Waals surface area contributed by atoms with Crippen molar-refractivity contribution in [2.45, 2.75) is 26.7 Å². The number of nitrogens with zero attached hydrogens (tertiary/aromatic N) is 3. The van der Waals surface area contributed by atoms with E-state index < -0.39 is 6.30 Å². The fourth-order valence-corrected chi connectivity index (χ4v) is 2.36. The molecule has 2 aromatic heterocycles. The number of hydrogen-bond acceptors (Lipinski definition) is 4. The van der Waals surface area contributed by atoms with Crippen LogP contribution in [0.25, 0.3) is 11.3 Å². The van der Waals surface area contributed by atoms with Gasteiger partial charge in [0, 0.05) is 23.7 Å². The summed E-state index contributed by atoms with van der Waals surface area (Å²) in [5.74, 6) is 0.541. The zero-order valence-corrected chi connectivity index (χ0v) is 11.9. The van der Waals surface area contributed by atoms with Gasteiger partial charge in [-0.25, -0.2) is 4.98 Å². The lowest BCUT2D eigenvalue weighted by Crippen LogP contribution is -2.18. The summed E-state index contributed by atoms with van der Waals surface area (Å²) in [4.78, 5) is 4.31. The molecule has 0 aliphatic rings. The molecular weight excluding hydrogens is 289 g/mol. The van der Waals surface area contributed by atoms with Crippen LogP contribution in [-0.2, 0) is 12.8 Å². The summed E-state index contributed by atoms with van der Waals surface area (Å²) in [5.41, 5.74) is 0.889. The molecule has 1 N–H and O–H groups in total. The normalized spacial score (nSPS) is 12.3. The molecule has 110 valence electrons. The molecule has 4 nitrogen and oxygen atoms in total. The van der Waals surface area contributed by atoms with Crippen molar-refractivity contribution in [2.24, 2.45) is 5.92 Å². The Labute approximate surface area is 118 Å². The van der Waals surface area contributed by atoms with Crippen molar-refractivity contribution < 1.29 is 13.2 Å². The van der Waals surface area contributed by atoms with Crippen LogP contribution in [0, 0.1) is 5.92 Å². The molecule has 0 spiro atoms. The second kappa shape index (κ2) is 5.92.